The molecule has 0 atom stereocenters. The van der Waals surface area contributed by atoms with E-state index in [9.17, 15) is 10.1 Å². The minimum Gasteiger partial charge on any atom is -0.348 e. The smallest absolute Gasteiger partial charge is 0.270 e. The summed E-state index contributed by atoms with van der Waals surface area (Å²) in [5.74, 6) is 5.49. The highest BCUT2D eigenvalue weighted by Gasteiger charge is 2.48. The summed E-state index contributed by atoms with van der Waals surface area (Å²) in [4.78, 5) is 16.2. The molecular weight excluding hydrogens is 324 g/mol. The van der Waals surface area contributed by atoms with Gasteiger partial charge < -0.3 is 9.47 Å². The van der Waals surface area contributed by atoms with Crippen molar-refractivity contribution in [2.45, 2.75) is 37.1 Å². The first-order chi connectivity index (χ1) is 12.1. The highest BCUT2D eigenvalue weighted by molar-refractivity contribution is 5.46. The molecule has 1 aromatic carbocycles. The fraction of sp³-hybridized carbons (Fsp3) is 0.444. The Labute approximate surface area is 145 Å². The van der Waals surface area contributed by atoms with Crippen molar-refractivity contribution < 1.29 is 19.2 Å². The first kappa shape index (κ1) is 16.1. The van der Waals surface area contributed by atoms with Gasteiger partial charge in [-0.1, -0.05) is 12.0 Å². The number of non-ortho nitro benzene ring substituents is 1. The summed E-state index contributed by atoms with van der Waals surface area (Å²) in [5, 5.41) is 10.8. The van der Waals surface area contributed by atoms with Crippen LogP contribution in [0.25, 0.3) is 0 Å². The van der Waals surface area contributed by atoms with Crippen molar-refractivity contribution >= 4 is 5.69 Å². The number of nitro groups is 1. The second-order valence-electron chi connectivity index (χ2n) is 6.49. The Morgan fingerprint density at radius 2 is 1.88 bits per heavy atom. The molecule has 0 radical (unpaired) electrons. The lowest BCUT2D eigenvalue weighted by Crippen LogP contribution is -2.43. The predicted molar refractivity (Wildman–Crippen MR) is 88.1 cm³/mol. The van der Waals surface area contributed by atoms with E-state index < -0.39 is 10.7 Å². The molecule has 0 aromatic heterocycles. The van der Waals surface area contributed by atoms with Crippen molar-refractivity contribution in [1.29, 1.82) is 0 Å². The van der Waals surface area contributed by atoms with E-state index in [2.05, 4.69) is 17.3 Å². The van der Waals surface area contributed by atoms with Gasteiger partial charge in [0.15, 0.2) is 5.79 Å². The number of nitrogens with one attached hydrogen (secondary N) is 1. The summed E-state index contributed by atoms with van der Waals surface area (Å²) in [6, 6.07) is 6.27. The topological polar surface area (TPSA) is 82.9 Å². The summed E-state index contributed by atoms with van der Waals surface area (Å²) < 4.78 is 11.5. The SMILES string of the molecule is O=[N+]([O-])c1cccc(C#CC2=CC3(CCC4(CC3)OCCO4)ON2)c1. The lowest BCUT2D eigenvalue weighted by Gasteiger charge is -2.39. The van der Waals surface area contributed by atoms with Gasteiger partial charge in [0, 0.05) is 30.5 Å². The van der Waals surface area contributed by atoms with Crippen LogP contribution in [0.2, 0.25) is 0 Å². The zero-order chi connectivity index (χ0) is 17.3. The molecule has 2 heterocycles. The monoisotopic (exact) mass is 342 g/mol. The molecule has 1 saturated carbocycles. The highest BCUT2D eigenvalue weighted by atomic mass is 16.7. The van der Waals surface area contributed by atoms with Crippen LogP contribution in [0.3, 0.4) is 0 Å². The van der Waals surface area contributed by atoms with Gasteiger partial charge in [0.25, 0.3) is 5.69 Å². The van der Waals surface area contributed by atoms with Crippen LogP contribution in [0, 0.1) is 22.0 Å². The second kappa shape index (κ2) is 6.15. The lowest BCUT2D eigenvalue weighted by atomic mass is 9.81. The first-order valence-electron chi connectivity index (χ1n) is 8.30. The van der Waals surface area contributed by atoms with Crippen LogP contribution in [0.5, 0.6) is 0 Å². The van der Waals surface area contributed by atoms with Gasteiger partial charge in [0.05, 0.1) is 18.1 Å². The van der Waals surface area contributed by atoms with E-state index in [1.807, 2.05) is 6.08 Å². The minimum absolute atomic E-state index is 0.0297. The molecule has 2 aliphatic heterocycles. The van der Waals surface area contributed by atoms with Crippen molar-refractivity contribution in [3.05, 3.63) is 51.7 Å². The average molecular weight is 342 g/mol. The fourth-order valence-corrected chi connectivity index (χ4v) is 3.46. The van der Waals surface area contributed by atoms with Crippen molar-refractivity contribution in [3.8, 4) is 11.8 Å². The first-order valence-corrected chi connectivity index (χ1v) is 8.30. The summed E-state index contributed by atoms with van der Waals surface area (Å²) in [6.45, 7) is 1.31. The molecule has 1 saturated heterocycles. The van der Waals surface area contributed by atoms with Gasteiger partial charge in [-0.25, -0.2) is 0 Å². The van der Waals surface area contributed by atoms with Crippen LogP contribution >= 0.6 is 0 Å². The van der Waals surface area contributed by atoms with Crippen molar-refractivity contribution in [2.75, 3.05) is 13.2 Å². The van der Waals surface area contributed by atoms with E-state index in [-0.39, 0.29) is 11.3 Å². The number of nitrogens with zero attached hydrogens (tertiary/aromatic N) is 1. The van der Waals surface area contributed by atoms with Gasteiger partial charge in [-0.2, -0.15) is 0 Å². The summed E-state index contributed by atoms with van der Waals surface area (Å²) in [5.41, 5.74) is 3.79. The molecule has 1 aromatic rings. The lowest BCUT2D eigenvalue weighted by molar-refractivity contribution is -0.384. The maximum atomic E-state index is 10.8. The zero-order valence-corrected chi connectivity index (χ0v) is 13.6. The van der Waals surface area contributed by atoms with Gasteiger partial charge in [0.2, 0.25) is 0 Å². The largest absolute Gasteiger partial charge is 0.348 e. The highest BCUT2D eigenvalue weighted by Crippen LogP contribution is 2.43. The molecule has 0 bridgehead atoms. The van der Waals surface area contributed by atoms with Crippen LogP contribution in [0.1, 0.15) is 31.2 Å². The van der Waals surface area contributed by atoms with Gasteiger partial charge in [-0.15, -0.1) is 0 Å². The quantitative estimate of drug-likeness (QED) is 0.479. The summed E-state index contributed by atoms with van der Waals surface area (Å²) in [7, 11) is 0. The van der Waals surface area contributed by atoms with Crippen molar-refractivity contribution in [3.63, 3.8) is 0 Å². The normalized spacial score (nSPS) is 23.0. The number of rotatable bonds is 1. The van der Waals surface area contributed by atoms with Crippen LogP contribution in [0.4, 0.5) is 5.69 Å². The Morgan fingerprint density at radius 1 is 1.12 bits per heavy atom. The number of hydrogen-bond donors (Lipinski definition) is 1. The van der Waals surface area contributed by atoms with E-state index in [1.54, 1.807) is 12.1 Å². The maximum absolute atomic E-state index is 10.8. The molecule has 0 amide bonds. The van der Waals surface area contributed by atoms with Crippen molar-refractivity contribution in [2.24, 2.45) is 0 Å². The molecule has 2 spiro atoms. The van der Waals surface area contributed by atoms with Crippen LogP contribution in [0.15, 0.2) is 36.0 Å². The molecule has 4 rings (SSSR count). The number of allylic oxidation sites excluding steroid dienone is 1. The molecule has 7 heteroatoms. The molecule has 3 aliphatic rings. The van der Waals surface area contributed by atoms with Crippen molar-refractivity contribution in [1.82, 2.24) is 5.48 Å². The average Bonchev–Trinajstić information content (AvgIpc) is 3.24. The van der Waals surface area contributed by atoms with E-state index in [1.165, 1.54) is 12.1 Å². The maximum Gasteiger partial charge on any atom is 0.270 e. The van der Waals surface area contributed by atoms with Gasteiger partial charge >= 0.3 is 0 Å². The number of ether oxygens (including phenoxy) is 2. The number of hydroxylamine groups is 1. The third-order valence-electron chi connectivity index (χ3n) is 4.84. The van der Waals surface area contributed by atoms with Gasteiger partial charge in [-0.3, -0.25) is 20.4 Å². The molecule has 1 N–H and O–H groups in total. The standard InChI is InChI=1S/C18H18N2O5/c21-20(22)16-3-1-2-14(12-16)4-5-15-13-17(25-19-15)6-8-18(9-7-17)23-10-11-24-18/h1-3,12-13,19H,6-11H2. The van der Waals surface area contributed by atoms with Gasteiger partial charge in [-0.05, 0) is 30.9 Å². The zero-order valence-electron chi connectivity index (χ0n) is 13.6. The predicted octanol–water partition coefficient (Wildman–Crippen LogP) is 2.42. The summed E-state index contributed by atoms with van der Waals surface area (Å²) >= 11 is 0. The molecular formula is C18H18N2O5. The molecule has 1 aliphatic carbocycles. The van der Waals surface area contributed by atoms with Crippen LogP contribution in [-0.2, 0) is 14.3 Å². The second-order valence-corrected chi connectivity index (χ2v) is 6.49. The molecule has 0 unspecified atom stereocenters. The third-order valence-corrected chi connectivity index (χ3v) is 4.84. The Morgan fingerprint density at radius 3 is 2.60 bits per heavy atom. The van der Waals surface area contributed by atoms with Crippen LogP contribution in [-0.4, -0.2) is 29.5 Å². The fourth-order valence-electron chi connectivity index (χ4n) is 3.46. The number of nitro benzene ring substituents is 1. The minimum atomic E-state index is -0.431. The van der Waals surface area contributed by atoms with Crippen LogP contribution < -0.4 is 5.48 Å². The Kier molecular flexibility index (Phi) is 3.96. The van der Waals surface area contributed by atoms with Gasteiger partial charge in [0.1, 0.15) is 11.3 Å². The van der Waals surface area contributed by atoms with E-state index in [0.29, 0.717) is 24.5 Å². The Bertz CT molecular complexity index is 776. The van der Waals surface area contributed by atoms with E-state index in [4.69, 9.17) is 14.3 Å². The molecule has 130 valence electrons. The third kappa shape index (κ3) is 3.24. The number of hydrogen-bond acceptors (Lipinski definition) is 6. The van der Waals surface area contributed by atoms with E-state index >= 15 is 0 Å². The molecule has 25 heavy (non-hydrogen) atoms. The summed E-state index contributed by atoms with van der Waals surface area (Å²) in [6.07, 6.45) is 5.16. The Balaban J connectivity index is 1.46. The van der Waals surface area contributed by atoms with E-state index in [0.717, 1.165) is 25.7 Å². The molecule has 7 nitrogen and oxygen atoms in total. The number of benzene rings is 1. The Hall–Kier alpha value is -2.40. The molecule has 2 fully saturated rings.